The molecule has 0 unspecified atom stereocenters. The maximum Gasteiger partial charge on any atom is 0.343 e. The Bertz CT molecular complexity index is 537. The van der Waals surface area contributed by atoms with Crippen LogP contribution in [0.3, 0.4) is 0 Å². The van der Waals surface area contributed by atoms with E-state index in [-0.39, 0.29) is 17.9 Å². The average Bonchev–Trinajstić information content (AvgIpc) is 2.46. The summed E-state index contributed by atoms with van der Waals surface area (Å²) in [6.07, 6.45) is 1.25. The molecule has 1 aromatic rings. The third-order valence-corrected chi connectivity index (χ3v) is 2.56. The second-order valence-corrected chi connectivity index (χ2v) is 4.05. The van der Waals surface area contributed by atoms with E-state index in [0.717, 1.165) is 0 Å². The molecule has 1 aromatic carbocycles. The number of hydrogen-bond donors (Lipinski definition) is 1. The standard InChI is InChI=1S/C15H19NO5/c1-5-21-15(18)14(10(2)17)9-16-11-6-12(19-3)8-13(7-11)20-4/h6-9,17H,5H2,1-4H3/b14-10+,16-9?. The number of nitrogens with zero attached hydrogens (tertiary/aromatic N) is 1. The molecule has 1 rings (SSSR count). The van der Waals surface area contributed by atoms with Crippen molar-refractivity contribution in [2.24, 2.45) is 4.99 Å². The molecule has 0 atom stereocenters. The predicted molar refractivity (Wildman–Crippen MR) is 79.7 cm³/mol. The normalized spacial score (nSPS) is 12.0. The number of carbonyl (C=O) groups excluding carboxylic acids is 1. The number of allylic oxidation sites excluding steroid dienone is 1. The predicted octanol–water partition coefficient (Wildman–Crippen LogP) is 2.80. The van der Waals surface area contributed by atoms with Crippen molar-refractivity contribution in [1.29, 1.82) is 0 Å². The fourth-order valence-corrected chi connectivity index (χ4v) is 1.51. The fraction of sp³-hybridized carbons (Fsp3) is 0.333. The van der Waals surface area contributed by atoms with Gasteiger partial charge in [-0.15, -0.1) is 0 Å². The number of aliphatic hydroxyl groups is 1. The minimum atomic E-state index is -0.629. The summed E-state index contributed by atoms with van der Waals surface area (Å²) in [6, 6.07) is 5.06. The van der Waals surface area contributed by atoms with E-state index in [4.69, 9.17) is 14.2 Å². The lowest BCUT2D eigenvalue weighted by Gasteiger charge is -2.06. The Morgan fingerprint density at radius 1 is 1.24 bits per heavy atom. The molecule has 0 aliphatic heterocycles. The van der Waals surface area contributed by atoms with Crippen LogP contribution in [0.5, 0.6) is 11.5 Å². The van der Waals surface area contributed by atoms with E-state index in [9.17, 15) is 9.90 Å². The first-order chi connectivity index (χ1) is 10.0. The van der Waals surface area contributed by atoms with Gasteiger partial charge in [-0.25, -0.2) is 4.79 Å². The van der Waals surface area contributed by atoms with E-state index >= 15 is 0 Å². The van der Waals surface area contributed by atoms with E-state index in [1.807, 2.05) is 0 Å². The van der Waals surface area contributed by atoms with Gasteiger partial charge in [-0.05, 0) is 13.8 Å². The van der Waals surface area contributed by atoms with Crippen molar-refractivity contribution < 1.29 is 24.1 Å². The smallest absolute Gasteiger partial charge is 0.343 e. The number of aliphatic hydroxyl groups excluding tert-OH is 1. The third kappa shape index (κ3) is 4.83. The van der Waals surface area contributed by atoms with Crippen molar-refractivity contribution in [1.82, 2.24) is 0 Å². The van der Waals surface area contributed by atoms with E-state index < -0.39 is 5.97 Å². The highest BCUT2D eigenvalue weighted by atomic mass is 16.5. The number of hydrogen-bond acceptors (Lipinski definition) is 6. The number of ether oxygens (including phenoxy) is 3. The van der Waals surface area contributed by atoms with Crippen LogP contribution in [-0.4, -0.2) is 38.1 Å². The minimum Gasteiger partial charge on any atom is -0.512 e. The van der Waals surface area contributed by atoms with E-state index in [1.165, 1.54) is 27.4 Å². The van der Waals surface area contributed by atoms with E-state index in [2.05, 4.69) is 4.99 Å². The summed E-state index contributed by atoms with van der Waals surface area (Å²) in [4.78, 5) is 15.8. The van der Waals surface area contributed by atoms with Crippen molar-refractivity contribution in [2.45, 2.75) is 13.8 Å². The van der Waals surface area contributed by atoms with Crippen molar-refractivity contribution in [2.75, 3.05) is 20.8 Å². The zero-order valence-electron chi connectivity index (χ0n) is 12.5. The molecular formula is C15H19NO5. The summed E-state index contributed by atoms with van der Waals surface area (Å²) in [6.45, 7) is 3.30. The Morgan fingerprint density at radius 2 is 1.81 bits per heavy atom. The van der Waals surface area contributed by atoms with Gasteiger partial charge in [0.05, 0.1) is 26.5 Å². The van der Waals surface area contributed by atoms with Crippen LogP contribution >= 0.6 is 0 Å². The SMILES string of the molecule is CCOC(=O)/C(C=Nc1cc(OC)cc(OC)c1)=C(\C)O. The molecule has 0 radical (unpaired) electrons. The zero-order valence-corrected chi connectivity index (χ0v) is 12.5. The van der Waals surface area contributed by atoms with Gasteiger partial charge in [0.25, 0.3) is 0 Å². The van der Waals surface area contributed by atoms with Gasteiger partial charge < -0.3 is 19.3 Å². The summed E-state index contributed by atoms with van der Waals surface area (Å²) in [7, 11) is 3.06. The molecule has 0 saturated heterocycles. The lowest BCUT2D eigenvalue weighted by molar-refractivity contribution is -0.138. The second-order valence-electron chi connectivity index (χ2n) is 4.05. The Balaban J connectivity index is 3.07. The highest BCUT2D eigenvalue weighted by Crippen LogP contribution is 2.27. The van der Waals surface area contributed by atoms with Crippen LogP contribution in [0, 0.1) is 0 Å². The monoisotopic (exact) mass is 293 g/mol. The molecule has 0 saturated carbocycles. The summed E-state index contributed by atoms with van der Waals surface area (Å²) in [5, 5.41) is 9.53. The third-order valence-electron chi connectivity index (χ3n) is 2.56. The Kier molecular flexibility index (Phi) is 6.26. The maximum absolute atomic E-state index is 11.7. The van der Waals surface area contributed by atoms with Crippen LogP contribution in [-0.2, 0) is 9.53 Å². The Hall–Kier alpha value is -2.50. The average molecular weight is 293 g/mol. The molecule has 0 aromatic heterocycles. The van der Waals surface area contributed by atoms with E-state index in [1.54, 1.807) is 25.1 Å². The largest absolute Gasteiger partial charge is 0.512 e. The van der Waals surface area contributed by atoms with Gasteiger partial charge in [0.2, 0.25) is 0 Å². The van der Waals surface area contributed by atoms with Gasteiger partial charge in [-0.2, -0.15) is 0 Å². The van der Waals surface area contributed by atoms with Gasteiger partial charge in [0.1, 0.15) is 22.8 Å². The first kappa shape index (κ1) is 16.6. The van der Waals surface area contributed by atoms with Crippen LogP contribution in [0.1, 0.15) is 13.8 Å². The summed E-state index contributed by atoms with van der Waals surface area (Å²) < 4.78 is 15.1. The first-order valence-corrected chi connectivity index (χ1v) is 6.35. The highest BCUT2D eigenvalue weighted by molar-refractivity contribution is 6.10. The molecule has 0 fully saturated rings. The van der Waals surface area contributed by atoms with Gasteiger partial charge in [-0.1, -0.05) is 0 Å². The maximum atomic E-state index is 11.7. The van der Waals surface area contributed by atoms with Crippen molar-refractivity contribution in [3.05, 3.63) is 29.5 Å². The van der Waals surface area contributed by atoms with Crippen LogP contribution in [0.25, 0.3) is 0 Å². The van der Waals surface area contributed by atoms with Crippen LogP contribution in [0.2, 0.25) is 0 Å². The summed E-state index contributed by atoms with van der Waals surface area (Å²) >= 11 is 0. The molecule has 6 heteroatoms. The van der Waals surface area contributed by atoms with Crippen LogP contribution < -0.4 is 9.47 Å². The van der Waals surface area contributed by atoms with Crippen molar-refractivity contribution in [3.63, 3.8) is 0 Å². The number of carbonyl (C=O) groups is 1. The number of esters is 1. The molecule has 114 valence electrons. The number of methoxy groups -OCH3 is 2. The first-order valence-electron chi connectivity index (χ1n) is 6.35. The number of rotatable bonds is 6. The minimum absolute atomic E-state index is 0.00126. The molecule has 1 N–H and O–H groups in total. The van der Waals surface area contributed by atoms with Gasteiger partial charge in [0, 0.05) is 24.4 Å². The Labute approximate surface area is 123 Å². The molecule has 0 aliphatic carbocycles. The van der Waals surface area contributed by atoms with Crippen LogP contribution in [0.4, 0.5) is 5.69 Å². The fourth-order valence-electron chi connectivity index (χ4n) is 1.51. The topological polar surface area (TPSA) is 77.4 Å². The highest BCUT2D eigenvalue weighted by Gasteiger charge is 2.12. The lowest BCUT2D eigenvalue weighted by Crippen LogP contribution is -2.10. The van der Waals surface area contributed by atoms with Crippen molar-refractivity contribution >= 4 is 17.9 Å². The zero-order chi connectivity index (χ0) is 15.8. The van der Waals surface area contributed by atoms with Crippen molar-refractivity contribution in [3.8, 4) is 11.5 Å². The molecule has 0 aliphatic rings. The summed E-state index contributed by atoms with van der Waals surface area (Å²) in [5.41, 5.74) is 0.521. The molecule has 6 nitrogen and oxygen atoms in total. The molecule has 0 heterocycles. The second kappa shape index (κ2) is 7.94. The molecule has 0 amide bonds. The van der Waals surface area contributed by atoms with Gasteiger partial charge in [0.15, 0.2) is 0 Å². The number of aliphatic imine (C=N–C) groups is 1. The Morgan fingerprint density at radius 3 is 2.24 bits per heavy atom. The lowest BCUT2D eigenvalue weighted by atomic mass is 10.2. The number of benzene rings is 1. The molecular weight excluding hydrogens is 274 g/mol. The van der Waals surface area contributed by atoms with E-state index in [0.29, 0.717) is 17.2 Å². The molecule has 0 spiro atoms. The van der Waals surface area contributed by atoms with Gasteiger partial charge in [-0.3, -0.25) is 4.99 Å². The van der Waals surface area contributed by atoms with Crippen LogP contribution in [0.15, 0.2) is 34.5 Å². The molecule has 21 heavy (non-hydrogen) atoms. The quantitative estimate of drug-likeness (QED) is 0.378. The molecule has 0 bridgehead atoms. The summed E-state index contributed by atoms with van der Waals surface area (Å²) in [5.74, 6) is 0.357. The van der Waals surface area contributed by atoms with Gasteiger partial charge >= 0.3 is 5.97 Å².